The Morgan fingerprint density at radius 1 is 1.14 bits per heavy atom. The number of nitriles is 2. The van der Waals surface area contributed by atoms with E-state index in [2.05, 4.69) is 5.32 Å². The van der Waals surface area contributed by atoms with Crippen molar-refractivity contribution < 1.29 is 9.59 Å². The van der Waals surface area contributed by atoms with Gasteiger partial charge in [0, 0.05) is 24.3 Å². The second kappa shape index (κ2) is 9.15. The van der Waals surface area contributed by atoms with Gasteiger partial charge in [0.25, 0.3) is 0 Å². The molecule has 0 aliphatic rings. The zero-order valence-electron chi connectivity index (χ0n) is 12.5. The van der Waals surface area contributed by atoms with Crippen molar-refractivity contribution in [2.24, 2.45) is 0 Å². The number of anilines is 1. The quantitative estimate of drug-likeness (QED) is 0.740. The minimum atomic E-state index is -0.205. The molecule has 0 aliphatic heterocycles. The number of carbonyl (C=O) groups is 2. The van der Waals surface area contributed by atoms with Gasteiger partial charge in [-0.05, 0) is 19.1 Å². The number of rotatable bonds is 8. The van der Waals surface area contributed by atoms with E-state index in [4.69, 9.17) is 10.5 Å². The maximum Gasteiger partial charge on any atom is 0.241 e. The molecule has 0 fully saturated rings. The van der Waals surface area contributed by atoms with Gasteiger partial charge in [0.2, 0.25) is 5.91 Å². The van der Waals surface area contributed by atoms with E-state index in [1.165, 1.54) is 11.8 Å². The largest absolute Gasteiger partial charge is 0.376 e. The van der Waals surface area contributed by atoms with Gasteiger partial charge in [0.05, 0.1) is 31.5 Å². The summed E-state index contributed by atoms with van der Waals surface area (Å²) in [7, 11) is 0. The Morgan fingerprint density at radius 3 is 2.27 bits per heavy atom. The monoisotopic (exact) mass is 298 g/mol. The molecule has 114 valence electrons. The lowest BCUT2D eigenvalue weighted by Crippen LogP contribution is -2.37. The second-order valence-electron chi connectivity index (χ2n) is 4.65. The van der Waals surface area contributed by atoms with Crippen molar-refractivity contribution in [1.29, 1.82) is 10.5 Å². The summed E-state index contributed by atoms with van der Waals surface area (Å²) in [6.07, 6.45) is 0.447. The molecular weight excluding hydrogens is 280 g/mol. The SMILES string of the molecule is CC(=O)c1ccccc1NCC(=O)N(CCC#N)CCC#N. The number of nitrogens with zero attached hydrogens (tertiary/aromatic N) is 3. The minimum absolute atomic E-state index is 0.0150. The van der Waals surface area contributed by atoms with Crippen molar-refractivity contribution in [2.45, 2.75) is 19.8 Å². The van der Waals surface area contributed by atoms with Crippen LogP contribution in [-0.2, 0) is 4.79 Å². The van der Waals surface area contributed by atoms with Gasteiger partial charge in [-0.3, -0.25) is 9.59 Å². The zero-order chi connectivity index (χ0) is 16.4. The number of benzene rings is 1. The van der Waals surface area contributed by atoms with Gasteiger partial charge in [0.15, 0.2) is 5.78 Å². The number of ketones is 1. The average Bonchev–Trinajstić information content (AvgIpc) is 2.53. The van der Waals surface area contributed by atoms with E-state index in [0.29, 0.717) is 24.3 Å². The maximum atomic E-state index is 12.2. The topological polar surface area (TPSA) is 97.0 Å². The molecule has 1 aromatic carbocycles. The van der Waals surface area contributed by atoms with Gasteiger partial charge in [-0.25, -0.2) is 0 Å². The Bertz CT molecular complexity index is 595. The molecule has 0 radical (unpaired) electrons. The van der Waals surface area contributed by atoms with Crippen LogP contribution in [-0.4, -0.2) is 36.2 Å². The van der Waals surface area contributed by atoms with Crippen LogP contribution in [0.4, 0.5) is 5.69 Å². The van der Waals surface area contributed by atoms with Crippen molar-refractivity contribution in [1.82, 2.24) is 4.90 Å². The van der Waals surface area contributed by atoms with Crippen LogP contribution in [0.15, 0.2) is 24.3 Å². The molecule has 1 rings (SSSR count). The van der Waals surface area contributed by atoms with Crippen LogP contribution >= 0.6 is 0 Å². The molecule has 0 saturated carbocycles. The molecule has 6 heteroatoms. The van der Waals surface area contributed by atoms with Gasteiger partial charge in [-0.1, -0.05) is 12.1 Å². The molecular formula is C16H18N4O2. The number of carbonyl (C=O) groups excluding carboxylic acids is 2. The summed E-state index contributed by atoms with van der Waals surface area (Å²) in [5.41, 5.74) is 1.12. The minimum Gasteiger partial charge on any atom is -0.376 e. The first-order valence-corrected chi connectivity index (χ1v) is 6.95. The van der Waals surface area contributed by atoms with Crippen LogP contribution in [0.5, 0.6) is 0 Å². The van der Waals surface area contributed by atoms with Crippen molar-refractivity contribution in [3.05, 3.63) is 29.8 Å². The number of para-hydroxylation sites is 1. The summed E-state index contributed by atoms with van der Waals surface area (Å²) >= 11 is 0. The molecule has 0 aromatic heterocycles. The van der Waals surface area contributed by atoms with E-state index in [1.807, 2.05) is 12.1 Å². The third kappa shape index (κ3) is 5.26. The van der Waals surface area contributed by atoms with Crippen molar-refractivity contribution in [3.63, 3.8) is 0 Å². The smallest absolute Gasteiger partial charge is 0.241 e. The van der Waals surface area contributed by atoms with Crippen molar-refractivity contribution in [2.75, 3.05) is 25.0 Å². The third-order valence-corrected chi connectivity index (χ3v) is 3.08. The van der Waals surface area contributed by atoms with Crippen LogP contribution in [0.3, 0.4) is 0 Å². The second-order valence-corrected chi connectivity index (χ2v) is 4.65. The first-order chi connectivity index (χ1) is 10.6. The Balaban J connectivity index is 2.68. The fourth-order valence-corrected chi connectivity index (χ4v) is 1.96. The van der Waals surface area contributed by atoms with Crippen LogP contribution in [0.2, 0.25) is 0 Å². The van der Waals surface area contributed by atoms with Gasteiger partial charge >= 0.3 is 0 Å². The standard InChI is InChI=1S/C16H18N4O2/c1-13(21)14-6-2-3-7-15(14)19-12-16(22)20(10-4-8-17)11-5-9-18/h2-3,6-7,19H,4-5,10-12H2,1H3. The molecule has 6 nitrogen and oxygen atoms in total. The van der Waals surface area contributed by atoms with Crippen molar-refractivity contribution >= 4 is 17.4 Å². The molecule has 0 heterocycles. The predicted molar refractivity (Wildman–Crippen MR) is 82.0 cm³/mol. The lowest BCUT2D eigenvalue weighted by molar-refractivity contribution is -0.129. The predicted octanol–water partition coefficient (Wildman–Crippen LogP) is 1.96. The molecule has 0 spiro atoms. The van der Waals surface area contributed by atoms with Crippen LogP contribution in [0, 0.1) is 22.7 Å². The highest BCUT2D eigenvalue weighted by molar-refractivity contribution is 6.00. The van der Waals surface area contributed by atoms with Gasteiger partial charge in [0.1, 0.15) is 0 Å². The van der Waals surface area contributed by atoms with E-state index < -0.39 is 0 Å². The highest BCUT2D eigenvalue weighted by Crippen LogP contribution is 2.15. The Kier molecular flexibility index (Phi) is 7.15. The normalized spacial score (nSPS) is 9.41. The number of hydrogen-bond acceptors (Lipinski definition) is 5. The van der Waals surface area contributed by atoms with Gasteiger partial charge in [-0.2, -0.15) is 10.5 Å². The highest BCUT2D eigenvalue weighted by Gasteiger charge is 2.14. The summed E-state index contributed by atoms with van der Waals surface area (Å²) in [5, 5.41) is 20.2. The number of amides is 1. The Labute approximate surface area is 129 Å². The van der Waals surface area contributed by atoms with Crippen LogP contribution in [0.25, 0.3) is 0 Å². The molecule has 0 bridgehead atoms. The molecule has 0 aliphatic carbocycles. The Morgan fingerprint density at radius 2 is 1.73 bits per heavy atom. The first-order valence-electron chi connectivity index (χ1n) is 6.95. The van der Waals surface area contributed by atoms with E-state index >= 15 is 0 Å². The Hall–Kier alpha value is -2.86. The van der Waals surface area contributed by atoms with E-state index in [-0.39, 0.29) is 31.1 Å². The lowest BCUT2D eigenvalue weighted by atomic mass is 10.1. The fourth-order valence-electron chi connectivity index (χ4n) is 1.96. The summed E-state index contributed by atoms with van der Waals surface area (Å²) in [6.45, 7) is 2.08. The van der Waals surface area contributed by atoms with Gasteiger partial charge in [-0.15, -0.1) is 0 Å². The maximum absolute atomic E-state index is 12.2. The zero-order valence-corrected chi connectivity index (χ0v) is 12.5. The summed E-state index contributed by atoms with van der Waals surface area (Å²) in [6, 6.07) is 10.9. The van der Waals surface area contributed by atoms with Crippen LogP contribution < -0.4 is 5.32 Å². The van der Waals surface area contributed by atoms with Crippen molar-refractivity contribution in [3.8, 4) is 12.1 Å². The number of Topliss-reactive ketones (excluding diaryl/α,β-unsaturated/α-hetero) is 1. The molecule has 22 heavy (non-hydrogen) atoms. The van der Waals surface area contributed by atoms with E-state index in [9.17, 15) is 9.59 Å². The molecule has 0 atom stereocenters. The van der Waals surface area contributed by atoms with Crippen LogP contribution in [0.1, 0.15) is 30.1 Å². The molecule has 1 aromatic rings. The van der Waals surface area contributed by atoms with Gasteiger partial charge < -0.3 is 10.2 Å². The first kappa shape index (κ1) is 17.2. The molecule has 0 saturated heterocycles. The van der Waals surface area contributed by atoms with E-state index in [0.717, 1.165) is 0 Å². The fraction of sp³-hybridized carbons (Fsp3) is 0.375. The average molecular weight is 298 g/mol. The lowest BCUT2D eigenvalue weighted by Gasteiger charge is -2.21. The highest BCUT2D eigenvalue weighted by atomic mass is 16.2. The number of nitrogens with one attached hydrogen (secondary N) is 1. The third-order valence-electron chi connectivity index (χ3n) is 3.08. The summed E-state index contributed by atoms with van der Waals surface area (Å²) in [4.78, 5) is 25.2. The molecule has 0 unspecified atom stereocenters. The molecule has 1 N–H and O–H groups in total. The number of hydrogen-bond donors (Lipinski definition) is 1. The summed E-state index contributed by atoms with van der Waals surface area (Å²) < 4.78 is 0. The summed E-state index contributed by atoms with van der Waals surface area (Å²) in [5.74, 6) is -0.287. The van der Waals surface area contributed by atoms with E-state index in [1.54, 1.807) is 24.3 Å². The molecule has 1 amide bonds.